The van der Waals surface area contributed by atoms with Crippen LogP contribution in [0, 0.1) is 17.0 Å². The molecule has 0 aliphatic heterocycles. The highest BCUT2D eigenvalue weighted by atomic mass is 32.2. The summed E-state index contributed by atoms with van der Waals surface area (Å²) in [6, 6.07) is 29.8. The van der Waals surface area contributed by atoms with Crippen LogP contribution in [-0.2, 0) is 10.0 Å². The predicted molar refractivity (Wildman–Crippen MR) is 133 cm³/mol. The van der Waals surface area contributed by atoms with Crippen molar-refractivity contribution in [1.82, 2.24) is 3.97 Å². The maximum Gasteiger partial charge on any atom is 0.270 e. The van der Waals surface area contributed by atoms with Crippen LogP contribution in [0.2, 0.25) is 0 Å². The molecule has 1 aromatic heterocycles. The average Bonchev–Trinajstić information content (AvgIpc) is 3.24. The highest BCUT2D eigenvalue weighted by molar-refractivity contribution is 7.90. The first-order valence-corrected chi connectivity index (χ1v) is 12.1. The van der Waals surface area contributed by atoms with Gasteiger partial charge in [0.15, 0.2) is 0 Å². The van der Waals surface area contributed by atoms with E-state index in [1.165, 1.54) is 22.2 Å². The number of hydrogen-bond donors (Lipinski definition) is 0. The van der Waals surface area contributed by atoms with Gasteiger partial charge >= 0.3 is 0 Å². The standard InChI is InChI=1S/C27H20N2O4S/c1-19-11-14-23(15-12-19)34(32,33)28-26-16-13-22(29(30)31)17-21(26)18-27(28)25-10-6-5-9-24(25)20-7-3-2-4-8-20/h2-18H,1H3. The third-order valence-electron chi connectivity index (χ3n) is 5.80. The summed E-state index contributed by atoms with van der Waals surface area (Å²) in [7, 11) is -4.00. The van der Waals surface area contributed by atoms with E-state index in [0.29, 0.717) is 22.2 Å². The lowest BCUT2D eigenvalue weighted by Gasteiger charge is -2.15. The molecule has 4 aromatic carbocycles. The minimum absolute atomic E-state index is 0.0970. The first kappa shape index (κ1) is 21.6. The number of fused-ring (bicyclic) bond motifs is 1. The Bertz CT molecular complexity index is 1640. The number of nitrogens with zero attached hydrogens (tertiary/aromatic N) is 2. The monoisotopic (exact) mass is 468 g/mol. The first-order valence-electron chi connectivity index (χ1n) is 10.6. The van der Waals surface area contributed by atoms with E-state index in [4.69, 9.17) is 0 Å². The molecule has 0 amide bonds. The SMILES string of the molecule is Cc1ccc(S(=O)(=O)n2c(-c3ccccc3-c3ccccc3)cc3cc([N+](=O)[O-])ccc32)cc1. The minimum Gasteiger partial charge on any atom is -0.258 e. The van der Waals surface area contributed by atoms with Crippen LogP contribution in [0.5, 0.6) is 0 Å². The van der Waals surface area contributed by atoms with Gasteiger partial charge < -0.3 is 0 Å². The summed E-state index contributed by atoms with van der Waals surface area (Å²) in [6.07, 6.45) is 0. The second-order valence-corrected chi connectivity index (χ2v) is 9.81. The van der Waals surface area contributed by atoms with E-state index in [1.807, 2.05) is 61.5 Å². The third kappa shape index (κ3) is 3.66. The van der Waals surface area contributed by atoms with Gasteiger partial charge in [0.25, 0.3) is 15.7 Å². The minimum atomic E-state index is -4.00. The number of non-ortho nitro benzene ring substituents is 1. The topological polar surface area (TPSA) is 82.2 Å². The summed E-state index contributed by atoms with van der Waals surface area (Å²) in [4.78, 5) is 11.0. The molecule has 0 fully saturated rings. The quantitative estimate of drug-likeness (QED) is 0.220. The summed E-state index contributed by atoms with van der Waals surface area (Å²) in [6.45, 7) is 1.89. The van der Waals surface area contributed by atoms with Gasteiger partial charge in [0, 0.05) is 23.1 Å². The van der Waals surface area contributed by atoms with Gasteiger partial charge in [0.05, 0.1) is 21.0 Å². The zero-order chi connectivity index (χ0) is 23.9. The molecule has 0 aliphatic carbocycles. The smallest absolute Gasteiger partial charge is 0.258 e. The number of benzene rings is 4. The van der Waals surface area contributed by atoms with Crippen LogP contribution in [0.25, 0.3) is 33.3 Å². The van der Waals surface area contributed by atoms with Crippen molar-refractivity contribution in [3.63, 3.8) is 0 Å². The third-order valence-corrected chi connectivity index (χ3v) is 7.54. The Morgan fingerprint density at radius 3 is 2.09 bits per heavy atom. The van der Waals surface area contributed by atoms with Crippen molar-refractivity contribution in [2.24, 2.45) is 0 Å². The molecule has 34 heavy (non-hydrogen) atoms. The molecule has 1 heterocycles. The summed E-state index contributed by atoms with van der Waals surface area (Å²) >= 11 is 0. The summed E-state index contributed by atoms with van der Waals surface area (Å²) in [5.41, 5.74) is 4.18. The fourth-order valence-electron chi connectivity index (χ4n) is 4.13. The number of aromatic nitrogens is 1. The lowest BCUT2D eigenvalue weighted by Crippen LogP contribution is -2.14. The summed E-state index contributed by atoms with van der Waals surface area (Å²) in [5.74, 6) is 0. The molecule has 0 atom stereocenters. The van der Waals surface area contributed by atoms with Crippen molar-refractivity contribution in [3.05, 3.63) is 119 Å². The first-order chi connectivity index (χ1) is 16.4. The molecule has 0 spiro atoms. The average molecular weight is 469 g/mol. The molecular formula is C27H20N2O4S. The van der Waals surface area contributed by atoms with Crippen molar-refractivity contribution in [2.45, 2.75) is 11.8 Å². The Morgan fingerprint density at radius 2 is 1.41 bits per heavy atom. The van der Waals surface area contributed by atoms with Gasteiger partial charge in [-0.2, -0.15) is 0 Å². The van der Waals surface area contributed by atoms with Crippen LogP contribution in [0.4, 0.5) is 5.69 Å². The largest absolute Gasteiger partial charge is 0.270 e. The predicted octanol–water partition coefficient (Wildman–Crippen LogP) is 6.43. The Balaban J connectivity index is 1.85. The summed E-state index contributed by atoms with van der Waals surface area (Å²) < 4.78 is 29.1. The maximum absolute atomic E-state index is 13.9. The molecule has 0 saturated carbocycles. The molecule has 0 radical (unpaired) electrons. The molecule has 0 saturated heterocycles. The second-order valence-electron chi connectivity index (χ2n) is 8.02. The molecule has 5 rings (SSSR count). The molecule has 5 aromatic rings. The van der Waals surface area contributed by atoms with Gasteiger partial charge in [-0.25, -0.2) is 12.4 Å². The van der Waals surface area contributed by atoms with Gasteiger partial charge in [0.2, 0.25) is 0 Å². The van der Waals surface area contributed by atoms with Gasteiger partial charge in [-0.05, 0) is 42.3 Å². The number of nitro benzene ring substituents is 1. The van der Waals surface area contributed by atoms with E-state index >= 15 is 0 Å². The zero-order valence-corrected chi connectivity index (χ0v) is 19.1. The fourth-order valence-corrected chi connectivity index (χ4v) is 5.66. The highest BCUT2D eigenvalue weighted by Gasteiger charge is 2.26. The van der Waals surface area contributed by atoms with Crippen LogP contribution >= 0.6 is 0 Å². The Morgan fingerprint density at radius 1 is 0.765 bits per heavy atom. The van der Waals surface area contributed by atoms with Crippen LogP contribution in [0.3, 0.4) is 0 Å². The van der Waals surface area contributed by atoms with Gasteiger partial charge in [-0.3, -0.25) is 10.1 Å². The van der Waals surface area contributed by atoms with E-state index in [9.17, 15) is 18.5 Å². The van der Waals surface area contributed by atoms with Crippen molar-refractivity contribution in [1.29, 1.82) is 0 Å². The van der Waals surface area contributed by atoms with Crippen molar-refractivity contribution < 1.29 is 13.3 Å². The molecule has 168 valence electrons. The molecule has 6 nitrogen and oxygen atoms in total. The molecule has 0 aliphatic rings. The van der Waals surface area contributed by atoms with Crippen molar-refractivity contribution in [2.75, 3.05) is 0 Å². The van der Waals surface area contributed by atoms with E-state index in [2.05, 4.69) is 0 Å². The Hall–Kier alpha value is -4.23. The normalized spacial score (nSPS) is 11.6. The molecule has 0 bridgehead atoms. The maximum atomic E-state index is 13.9. The molecule has 7 heteroatoms. The van der Waals surface area contributed by atoms with Gasteiger partial charge in [-0.1, -0.05) is 72.3 Å². The van der Waals surface area contributed by atoms with Crippen molar-refractivity contribution in [3.8, 4) is 22.4 Å². The molecular weight excluding hydrogens is 448 g/mol. The van der Waals surface area contributed by atoms with Gasteiger partial charge in [-0.15, -0.1) is 0 Å². The van der Waals surface area contributed by atoms with E-state index < -0.39 is 14.9 Å². The number of hydrogen-bond acceptors (Lipinski definition) is 4. The van der Waals surface area contributed by atoms with E-state index in [0.717, 1.165) is 16.7 Å². The number of nitro groups is 1. The summed E-state index contributed by atoms with van der Waals surface area (Å²) in [5, 5.41) is 11.9. The number of aryl methyl sites for hydroxylation is 1. The van der Waals surface area contributed by atoms with Crippen LogP contribution < -0.4 is 0 Å². The second kappa shape index (κ2) is 8.28. The molecule has 0 N–H and O–H groups in total. The van der Waals surface area contributed by atoms with Crippen LogP contribution in [0.1, 0.15) is 5.56 Å². The van der Waals surface area contributed by atoms with Crippen LogP contribution in [-0.4, -0.2) is 17.3 Å². The van der Waals surface area contributed by atoms with E-state index in [-0.39, 0.29) is 10.6 Å². The van der Waals surface area contributed by atoms with Gasteiger partial charge in [0.1, 0.15) is 0 Å². The number of rotatable bonds is 5. The van der Waals surface area contributed by atoms with Crippen molar-refractivity contribution >= 4 is 26.6 Å². The lowest BCUT2D eigenvalue weighted by atomic mass is 9.98. The zero-order valence-electron chi connectivity index (χ0n) is 18.3. The molecule has 0 unspecified atom stereocenters. The fraction of sp³-hybridized carbons (Fsp3) is 0.0370. The van der Waals surface area contributed by atoms with Crippen LogP contribution in [0.15, 0.2) is 108 Å². The highest BCUT2D eigenvalue weighted by Crippen LogP contribution is 2.38. The van der Waals surface area contributed by atoms with E-state index in [1.54, 1.807) is 30.3 Å². The Kier molecular flexibility index (Phi) is 5.26. The lowest BCUT2D eigenvalue weighted by molar-refractivity contribution is -0.384. The Labute approximate surface area is 196 Å².